The van der Waals surface area contributed by atoms with Crippen LogP contribution in [0.25, 0.3) is 54.9 Å². The molecule has 222 valence electrons. The molecule has 8 aromatic rings. The fraction of sp³-hybridized carbons (Fsp3) is 0. The molecule has 1 atom stereocenters. The molecule has 1 unspecified atom stereocenters. The van der Waals surface area contributed by atoms with Gasteiger partial charge in [0.25, 0.3) is 0 Å². The highest BCUT2D eigenvalue weighted by molar-refractivity contribution is 7.58. The first-order chi connectivity index (χ1) is 23.2. The molecule has 3 heteroatoms. The van der Waals surface area contributed by atoms with Gasteiger partial charge in [-0.3, -0.25) is 0 Å². The summed E-state index contributed by atoms with van der Waals surface area (Å²) in [5.74, 6) is 0. The molecule has 0 aliphatic heterocycles. The van der Waals surface area contributed by atoms with Gasteiger partial charge in [0.15, 0.2) is 0 Å². The second-order valence-electron chi connectivity index (χ2n) is 11.8. The van der Waals surface area contributed by atoms with Gasteiger partial charge in [-0.1, -0.05) is 133 Å². The summed E-state index contributed by atoms with van der Waals surface area (Å²) in [5, 5.41) is 6.34. The molecule has 0 fully saturated rings. The van der Waals surface area contributed by atoms with E-state index in [-0.39, 0.29) is 0 Å². The lowest BCUT2D eigenvalue weighted by Gasteiger charge is -2.26. The summed E-state index contributed by atoms with van der Waals surface area (Å²) in [6, 6.07) is 66.1. The number of anilines is 3. The fourth-order valence-electron chi connectivity index (χ4n) is 6.37. The van der Waals surface area contributed by atoms with E-state index in [1.165, 1.54) is 60.1 Å². The maximum Gasteiger partial charge on any atom is 0.108 e. The van der Waals surface area contributed by atoms with Crippen molar-refractivity contribution in [1.82, 2.24) is 0 Å². The van der Waals surface area contributed by atoms with Crippen LogP contribution in [-0.2, 0) is 0 Å². The molecule has 0 saturated carbocycles. The Hall–Kier alpha value is -5.27. The minimum absolute atomic E-state index is 0.692. The van der Waals surface area contributed by atoms with Crippen LogP contribution in [0.4, 0.5) is 17.1 Å². The maximum absolute atomic E-state index is 2.85. The van der Waals surface area contributed by atoms with Gasteiger partial charge in [-0.2, -0.15) is 0 Å². The molecule has 1 nitrogen and oxygen atoms in total. The molecule has 0 bridgehead atoms. The van der Waals surface area contributed by atoms with Gasteiger partial charge in [-0.05, 0) is 110 Å². The molecule has 0 aliphatic rings. The van der Waals surface area contributed by atoms with Crippen molar-refractivity contribution in [1.29, 1.82) is 0 Å². The van der Waals surface area contributed by atoms with Gasteiger partial charge in [-0.25, -0.2) is 0 Å². The van der Waals surface area contributed by atoms with E-state index < -0.39 is 0 Å². The van der Waals surface area contributed by atoms with E-state index in [0.29, 0.717) is 9.19 Å². The second-order valence-corrected chi connectivity index (χ2v) is 13.6. The van der Waals surface area contributed by atoms with E-state index in [9.17, 15) is 0 Å². The van der Waals surface area contributed by atoms with Gasteiger partial charge < -0.3 is 4.90 Å². The highest BCUT2D eigenvalue weighted by atomic mass is 31.3. The Morgan fingerprint density at radius 2 is 0.702 bits per heavy atom. The predicted octanol–water partition coefficient (Wildman–Crippen LogP) is 11.6. The molecule has 0 spiro atoms. The molecule has 0 amide bonds. The number of hydrogen-bond donors (Lipinski definition) is 0. The zero-order valence-electron chi connectivity index (χ0n) is 25.8. The number of fused-ring (bicyclic) bond motifs is 2. The molecule has 0 aromatic heterocycles. The molecule has 8 rings (SSSR count). The summed E-state index contributed by atoms with van der Waals surface area (Å²) in [6.45, 7) is 0. The van der Waals surface area contributed by atoms with Crippen molar-refractivity contribution < 1.29 is 0 Å². The number of hydrogen-bond acceptors (Lipinski definition) is 1. The molecule has 47 heavy (non-hydrogen) atoms. The highest BCUT2D eigenvalue weighted by Gasteiger charge is 2.14. The smallest absolute Gasteiger partial charge is 0.108 e. The van der Waals surface area contributed by atoms with Gasteiger partial charge in [-0.15, -0.1) is 8.79 Å². The predicted molar refractivity (Wildman–Crippen MR) is 208 cm³/mol. The van der Waals surface area contributed by atoms with Gasteiger partial charge in [0, 0.05) is 17.1 Å². The molecule has 0 heterocycles. The van der Waals surface area contributed by atoms with Gasteiger partial charge in [0.2, 0.25) is 0 Å². The topological polar surface area (TPSA) is 3.24 Å². The van der Waals surface area contributed by atoms with Crippen molar-refractivity contribution in [3.8, 4) is 33.4 Å². The Bertz CT molecular complexity index is 2310. The fourth-order valence-corrected chi connectivity index (χ4v) is 7.30. The zero-order chi connectivity index (χ0) is 31.6. The molecular formula is C44H32NPSi. The van der Waals surface area contributed by atoms with Crippen LogP contribution in [-0.4, -0.2) is 9.19 Å². The third kappa shape index (κ3) is 6.02. The zero-order valence-corrected chi connectivity index (χ0v) is 28.0. The Balaban J connectivity index is 1.13. The quantitative estimate of drug-likeness (QED) is 0.125. The highest BCUT2D eigenvalue weighted by Crippen LogP contribution is 2.37. The lowest BCUT2D eigenvalue weighted by molar-refractivity contribution is 1.29. The summed E-state index contributed by atoms with van der Waals surface area (Å²) >= 11 is 0. The van der Waals surface area contributed by atoms with Crippen LogP contribution in [0.1, 0.15) is 0 Å². The van der Waals surface area contributed by atoms with Crippen LogP contribution in [0.3, 0.4) is 0 Å². The summed E-state index contributed by atoms with van der Waals surface area (Å²) in [6.07, 6.45) is 0. The van der Waals surface area contributed by atoms with Crippen molar-refractivity contribution in [2.45, 2.75) is 0 Å². The first-order valence-electron chi connectivity index (χ1n) is 15.9. The Morgan fingerprint density at radius 3 is 1.21 bits per heavy atom. The van der Waals surface area contributed by atoms with Crippen molar-refractivity contribution in [3.05, 3.63) is 182 Å². The van der Waals surface area contributed by atoms with E-state index in [1.54, 1.807) is 0 Å². The van der Waals surface area contributed by atoms with Crippen LogP contribution in [0.15, 0.2) is 182 Å². The largest absolute Gasteiger partial charge is 0.311 e. The van der Waals surface area contributed by atoms with Gasteiger partial charge in [0.1, 0.15) is 9.19 Å². The van der Waals surface area contributed by atoms with Crippen LogP contribution in [0, 0.1) is 0 Å². The van der Waals surface area contributed by atoms with E-state index in [4.69, 9.17) is 0 Å². The Kier molecular flexibility index (Phi) is 7.97. The van der Waals surface area contributed by atoms with Crippen molar-refractivity contribution in [3.63, 3.8) is 0 Å². The van der Waals surface area contributed by atoms with Gasteiger partial charge in [0.05, 0.1) is 0 Å². The summed E-state index contributed by atoms with van der Waals surface area (Å²) in [4.78, 5) is 2.34. The number of nitrogens with zero attached hydrogens (tertiary/aromatic N) is 1. The summed E-state index contributed by atoms with van der Waals surface area (Å²) in [7, 11) is 3.54. The minimum Gasteiger partial charge on any atom is -0.311 e. The third-order valence-corrected chi connectivity index (χ3v) is 10.6. The summed E-state index contributed by atoms with van der Waals surface area (Å²) in [5.41, 5.74) is 10.7. The lowest BCUT2D eigenvalue weighted by atomic mass is 9.97. The van der Waals surface area contributed by atoms with E-state index >= 15 is 0 Å². The number of rotatable bonds is 7. The van der Waals surface area contributed by atoms with Crippen molar-refractivity contribution >= 4 is 61.8 Å². The molecule has 0 saturated heterocycles. The van der Waals surface area contributed by atoms with Crippen LogP contribution in [0.5, 0.6) is 0 Å². The standard InChI is InChI=1S/C44H32NPSi/c46-47-44-26-24-43(25-27-44)45(41-20-16-33(17-21-41)37-13-10-32-8-4-5-9-36(32)28-37)42-22-18-34(19-23-42)39-15-12-35-11-14-38(29-40(35)30-39)31-6-2-1-3-7-31/h1-30H,46H2. The lowest BCUT2D eigenvalue weighted by Crippen LogP contribution is -2.13. The number of benzene rings is 8. The molecule has 2 radical (unpaired) electrons. The average molecular weight is 634 g/mol. The minimum atomic E-state index is 0.692. The first kappa shape index (κ1) is 29.2. The van der Waals surface area contributed by atoms with E-state index in [1.807, 2.05) is 0 Å². The third-order valence-electron chi connectivity index (χ3n) is 8.91. The van der Waals surface area contributed by atoms with Gasteiger partial charge >= 0.3 is 0 Å². The first-order valence-corrected chi connectivity index (χ1v) is 18.7. The Morgan fingerprint density at radius 1 is 0.319 bits per heavy atom. The maximum atomic E-state index is 2.85. The SMILES string of the molecule is P[Si]c1ccc(N(c2ccc(-c3ccc4ccccc4c3)cc2)c2ccc(-c3ccc4ccc(-c5ccccc5)cc4c3)cc2)cc1. The average Bonchev–Trinajstić information content (AvgIpc) is 3.15. The second kappa shape index (κ2) is 12.8. The summed E-state index contributed by atoms with van der Waals surface area (Å²) < 4.78 is 0. The van der Waals surface area contributed by atoms with Crippen LogP contribution < -0.4 is 10.1 Å². The Labute approximate surface area is 281 Å². The molecular weight excluding hydrogens is 602 g/mol. The van der Waals surface area contributed by atoms with Crippen molar-refractivity contribution in [2.24, 2.45) is 0 Å². The monoisotopic (exact) mass is 633 g/mol. The van der Waals surface area contributed by atoms with E-state index in [0.717, 1.165) is 17.1 Å². The van der Waals surface area contributed by atoms with Crippen LogP contribution in [0.2, 0.25) is 0 Å². The molecule has 0 aliphatic carbocycles. The van der Waals surface area contributed by atoms with Crippen LogP contribution >= 0.6 is 8.79 Å². The van der Waals surface area contributed by atoms with Crippen molar-refractivity contribution in [2.75, 3.05) is 4.90 Å². The molecule has 8 aromatic carbocycles. The molecule has 0 N–H and O–H groups in total. The van der Waals surface area contributed by atoms with E-state index in [2.05, 4.69) is 196 Å². The normalized spacial score (nSPS) is 11.2.